The summed E-state index contributed by atoms with van der Waals surface area (Å²) in [4.78, 5) is 33.3. The van der Waals surface area contributed by atoms with Crippen LogP contribution in [0.2, 0.25) is 0 Å². The van der Waals surface area contributed by atoms with Gasteiger partial charge >= 0.3 is 0 Å². The Kier molecular flexibility index (Phi) is 6.69. The minimum absolute atomic E-state index is 0.00181. The zero-order valence-electron chi connectivity index (χ0n) is 17.2. The summed E-state index contributed by atoms with van der Waals surface area (Å²) in [6.45, 7) is 1.64. The van der Waals surface area contributed by atoms with Gasteiger partial charge in [-0.2, -0.15) is 0 Å². The van der Waals surface area contributed by atoms with Crippen LogP contribution in [0.1, 0.15) is 35.8 Å². The molecule has 0 atom stereocenters. The fourth-order valence-corrected chi connectivity index (χ4v) is 3.08. The van der Waals surface area contributed by atoms with Gasteiger partial charge in [0.15, 0.2) is 17.4 Å². The van der Waals surface area contributed by atoms with Crippen LogP contribution in [-0.2, 0) is 11.2 Å². The standard InChI is InChI=1S/C23H22F2N4O2/c1-3-21(31)29(2)18-9-7-16(22(24)23(18)25)15-6-8-17(27-13-15)19(30)10-4-14-5-11-20(26)28-12-14/h5-9,11-13H,3-4,10H2,1-2H3,(H2,26,28). The molecule has 8 heteroatoms. The first kappa shape index (κ1) is 22.0. The summed E-state index contributed by atoms with van der Waals surface area (Å²) >= 11 is 0. The minimum atomic E-state index is -1.11. The van der Waals surface area contributed by atoms with Crippen molar-refractivity contribution < 1.29 is 18.4 Å². The molecule has 0 spiro atoms. The van der Waals surface area contributed by atoms with E-state index in [-0.39, 0.29) is 41.5 Å². The van der Waals surface area contributed by atoms with Crippen LogP contribution >= 0.6 is 0 Å². The van der Waals surface area contributed by atoms with Crippen LogP contribution in [0.3, 0.4) is 0 Å². The molecule has 1 aromatic carbocycles. The quantitative estimate of drug-likeness (QED) is 0.575. The molecule has 0 aliphatic rings. The van der Waals surface area contributed by atoms with E-state index in [0.29, 0.717) is 17.8 Å². The molecule has 3 rings (SSSR count). The third-order valence-corrected chi connectivity index (χ3v) is 4.95. The number of rotatable bonds is 7. The summed E-state index contributed by atoms with van der Waals surface area (Å²) in [5.41, 5.74) is 6.84. The normalized spacial score (nSPS) is 10.7. The van der Waals surface area contributed by atoms with Gasteiger partial charge in [0.05, 0.1) is 5.69 Å². The molecule has 0 radical (unpaired) electrons. The number of ketones is 1. The fourth-order valence-electron chi connectivity index (χ4n) is 3.08. The number of carbonyl (C=O) groups is 2. The summed E-state index contributed by atoms with van der Waals surface area (Å²) in [6, 6.07) is 9.21. The monoisotopic (exact) mass is 424 g/mol. The molecule has 6 nitrogen and oxygen atoms in total. The van der Waals surface area contributed by atoms with E-state index in [1.165, 1.54) is 37.5 Å². The van der Waals surface area contributed by atoms with Crippen LogP contribution in [0, 0.1) is 11.6 Å². The number of nitrogen functional groups attached to an aromatic ring is 1. The van der Waals surface area contributed by atoms with E-state index >= 15 is 0 Å². The predicted octanol–water partition coefficient (Wildman–Crippen LogP) is 4.19. The predicted molar refractivity (Wildman–Crippen MR) is 115 cm³/mol. The maximum atomic E-state index is 14.6. The Labute approximate surface area is 178 Å². The van der Waals surface area contributed by atoms with Crippen molar-refractivity contribution in [2.45, 2.75) is 26.2 Å². The van der Waals surface area contributed by atoms with E-state index in [4.69, 9.17) is 5.73 Å². The lowest BCUT2D eigenvalue weighted by Gasteiger charge is -2.18. The molecule has 1 amide bonds. The zero-order chi connectivity index (χ0) is 22.5. The smallest absolute Gasteiger partial charge is 0.226 e. The lowest BCUT2D eigenvalue weighted by molar-refractivity contribution is -0.118. The number of Topliss-reactive ketones (excluding diaryl/α,β-unsaturated/α-hetero) is 1. The number of carbonyl (C=O) groups excluding carboxylic acids is 2. The number of hydrogen-bond acceptors (Lipinski definition) is 5. The van der Waals surface area contributed by atoms with E-state index in [0.717, 1.165) is 10.5 Å². The molecule has 0 aliphatic carbocycles. The third-order valence-electron chi connectivity index (χ3n) is 4.95. The lowest BCUT2D eigenvalue weighted by Crippen LogP contribution is -2.26. The second-order valence-corrected chi connectivity index (χ2v) is 7.01. The maximum Gasteiger partial charge on any atom is 0.226 e. The highest BCUT2D eigenvalue weighted by Gasteiger charge is 2.20. The second-order valence-electron chi connectivity index (χ2n) is 7.01. The first-order valence-corrected chi connectivity index (χ1v) is 9.76. The van der Waals surface area contributed by atoms with Crippen molar-refractivity contribution in [3.05, 3.63) is 71.7 Å². The van der Waals surface area contributed by atoms with Gasteiger partial charge in [-0.05, 0) is 36.2 Å². The van der Waals surface area contributed by atoms with E-state index in [1.807, 2.05) is 0 Å². The summed E-state index contributed by atoms with van der Waals surface area (Å²) in [6.07, 6.45) is 3.84. The molecule has 0 saturated carbocycles. The molecule has 0 fully saturated rings. The Morgan fingerprint density at radius 3 is 2.39 bits per heavy atom. The molecule has 2 aromatic heterocycles. The largest absolute Gasteiger partial charge is 0.384 e. The Balaban J connectivity index is 1.74. The summed E-state index contributed by atoms with van der Waals surface area (Å²) in [5, 5.41) is 0. The van der Waals surface area contributed by atoms with Gasteiger partial charge in [0.25, 0.3) is 0 Å². The molecule has 0 bridgehead atoms. The average Bonchev–Trinajstić information content (AvgIpc) is 2.79. The Morgan fingerprint density at radius 2 is 1.77 bits per heavy atom. The Bertz CT molecular complexity index is 1100. The Hall–Kier alpha value is -3.68. The average molecular weight is 424 g/mol. The SMILES string of the molecule is CCC(=O)N(C)c1ccc(-c2ccc(C(=O)CCc3ccc(N)nc3)nc2)c(F)c1F. The van der Waals surface area contributed by atoms with Crippen LogP contribution in [-0.4, -0.2) is 28.7 Å². The molecule has 0 aliphatic heterocycles. The van der Waals surface area contributed by atoms with Crippen LogP contribution in [0.15, 0.2) is 48.8 Å². The van der Waals surface area contributed by atoms with Gasteiger partial charge in [-0.3, -0.25) is 14.6 Å². The minimum Gasteiger partial charge on any atom is -0.384 e. The number of hydrogen-bond donors (Lipinski definition) is 1. The molecular formula is C23H22F2N4O2. The first-order valence-electron chi connectivity index (χ1n) is 9.76. The van der Waals surface area contributed by atoms with Crippen LogP contribution in [0.25, 0.3) is 11.1 Å². The van der Waals surface area contributed by atoms with Crippen molar-refractivity contribution in [3.8, 4) is 11.1 Å². The number of aromatic nitrogens is 2. The van der Waals surface area contributed by atoms with Crippen molar-refractivity contribution in [2.75, 3.05) is 17.7 Å². The van der Waals surface area contributed by atoms with Gasteiger partial charge in [-0.1, -0.05) is 19.1 Å². The van der Waals surface area contributed by atoms with E-state index in [1.54, 1.807) is 25.3 Å². The van der Waals surface area contributed by atoms with Gasteiger partial charge in [-0.15, -0.1) is 0 Å². The first-order chi connectivity index (χ1) is 14.8. The maximum absolute atomic E-state index is 14.6. The number of nitrogens with two attached hydrogens (primary N) is 1. The molecule has 3 aromatic rings. The lowest BCUT2D eigenvalue weighted by atomic mass is 10.0. The fraction of sp³-hybridized carbons (Fsp3) is 0.217. The van der Waals surface area contributed by atoms with Crippen molar-refractivity contribution in [1.29, 1.82) is 0 Å². The molecule has 2 N–H and O–H groups in total. The van der Waals surface area contributed by atoms with E-state index in [9.17, 15) is 18.4 Å². The highest BCUT2D eigenvalue weighted by atomic mass is 19.2. The number of pyridine rings is 2. The van der Waals surface area contributed by atoms with Crippen molar-refractivity contribution in [3.63, 3.8) is 0 Å². The van der Waals surface area contributed by atoms with Gasteiger partial charge in [-0.25, -0.2) is 13.8 Å². The molecular weight excluding hydrogens is 402 g/mol. The summed E-state index contributed by atoms with van der Waals surface area (Å²) < 4.78 is 29.2. The van der Waals surface area contributed by atoms with E-state index < -0.39 is 11.6 Å². The molecule has 0 unspecified atom stereocenters. The summed E-state index contributed by atoms with van der Waals surface area (Å²) in [5.74, 6) is -2.29. The van der Waals surface area contributed by atoms with Gasteiger partial charge < -0.3 is 10.6 Å². The number of halogens is 2. The number of amides is 1. The summed E-state index contributed by atoms with van der Waals surface area (Å²) in [7, 11) is 1.39. The molecule has 160 valence electrons. The third kappa shape index (κ3) is 4.91. The Morgan fingerprint density at radius 1 is 1.00 bits per heavy atom. The van der Waals surface area contributed by atoms with Crippen LogP contribution in [0.4, 0.5) is 20.3 Å². The second kappa shape index (κ2) is 9.42. The molecule has 0 saturated heterocycles. The van der Waals surface area contributed by atoms with Crippen LogP contribution < -0.4 is 10.6 Å². The number of aryl methyl sites for hydroxylation is 1. The highest BCUT2D eigenvalue weighted by Crippen LogP contribution is 2.30. The molecule has 2 heterocycles. The zero-order valence-corrected chi connectivity index (χ0v) is 17.2. The van der Waals surface area contributed by atoms with Crippen molar-refractivity contribution >= 4 is 23.2 Å². The molecule has 31 heavy (non-hydrogen) atoms. The van der Waals surface area contributed by atoms with Crippen molar-refractivity contribution in [1.82, 2.24) is 9.97 Å². The van der Waals surface area contributed by atoms with Gasteiger partial charge in [0.1, 0.15) is 11.5 Å². The highest BCUT2D eigenvalue weighted by molar-refractivity contribution is 5.95. The van der Waals surface area contributed by atoms with Crippen LogP contribution in [0.5, 0.6) is 0 Å². The van der Waals surface area contributed by atoms with E-state index in [2.05, 4.69) is 9.97 Å². The van der Waals surface area contributed by atoms with Gasteiger partial charge in [0.2, 0.25) is 5.91 Å². The number of nitrogens with zero attached hydrogens (tertiary/aromatic N) is 3. The van der Waals surface area contributed by atoms with Gasteiger partial charge in [0, 0.05) is 43.4 Å². The topological polar surface area (TPSA) is 89.2 Å². The number of benzene rings is 1. The van der Waals surface area contributed by atoms with Crippen molar-refractivity contribution in [2.24, 2.45) is 0 Å². The number of anilines is 2.